The van der Waals surface area contributed by atoms with Gasteiger partial charge in [-0.1, -0.05) is 50.2 Å². The van der Waals surface area contributed by atoms with Crippen molar-refractivity contribution in [1.29, 1.82) is 0 Å². The zero-order chi connectivity index (χ0) is 12.4. The zero-order valence-corrected chi connectivity index (χ0v) is 10.7. The van der Waals surface area contributed by atoms with Crippen LogP contribution in [0.3, 0.4) is 0 Å². The Balaban J connectivity index is 2.66. The van der Waals surface area contributed by atoms with Gasteiger partial charge in [0.15, 0.2) is 5.78 Å². The molecule has 0 saturated carbocycles. The molecule has 0 bridgehead atoms. The van der Waals surface area contributed by atoms with Crippen molar-refractivity contribution in [2.75, 3.05) is 0 Å². The van der Waals surface area contributed by atoms with E-state index in [1.165, 1.54) is 0 Å². The number of Topliss-reactive ketones (excluding diaryl/α,β-unsaturated/α-hetero) is 1. The van der Waals surface area contributed by atoms with Crippen LogP contribution >= 0.6 is 0 Å². The highest BCUT2D eigenvalue weighted by atomic mass is 16.1. The molecular formula is C16H18O. The predicted octanol–water partition coefficient (Wildman–Crippen LogP) is 4.38. The number of hydrogen-bond donors (Lipinski definition) is 0. The fourth-order valence-corrected chi connectivity index (χ4v) is 2.14. The first-order valence-electron chi connectivity index (χ1n) is 6.17. The van der Waals surface area contributed by atoms with Gasteiger partial charge in [0.1, 0.15) is 0 Å². The van der Waals surface area contributed by atoms with Crippen molar-refractivity contribution < 1.29 is 4.79 Å². The standard InChI is InChI=1S/C16H18O/c1-4-11(2)16(17)15-12(3)9-10-13-7-5-6-8-14(13)15/h5-11H,4H2,1-3H3. The second kappa shape index (κ2) is 4.70. The Morgan fingerprint density at radius 3 is 2.59 bits per heavy atom. The number of fused-ring (bicyclic) bond motifs is 1. The number of hydrogen-bond acceptors (Lipinski definition) is 1. The van der Waals surface area contributed by atoms with E-state index in [0.717, 1.165) is 28.3 Å². The quantitative estimate of drug-likeness (QED) is 0.710. The summed E-state index contributed by atoms with van der Waals surface area (Å²) in [5.41, 5.74) is 1.98. The van der Waals surface area contributed by atoms with E-state index in [1.54, 1.807) is 0 Å². The van der Waals surface area contributed by atoms with E-state index in [9.17, 15) is 4.79 Å². The molecule has 0 aliphatic heterocycles. The van der Waals surface area contributed by atoms with Gasteiger partial charge in [-0.15, -0.1) is 0 Å². The second-order valence-corrected chi connectivity index (χ2v) is 4.65. The summed E-state index contributed by atoms with van der Waals surface area (Å²) in [5.74, 6) is 0.362. The SMILES string of the molecule is CCC(C)C(=O)c1c(C)ccc2ccccc12. The predicted molar refractivity (Wildman–Crippen MR) is 72.5 cm³/mol. The van der Waals surface area contributed by atoms with Crippen LogP contribution in [0.2, 0.25) is 0 Å². The number of benzene rings is 2. The third-order valence-electron chi connectivity index (χ3n) is 3.44. The van der Waals surface area contributed by atoms with Crippen LogP contribution in [0.15, 0.2) is 36.4 Å². The van der Waals surface area contributed by atoms with Crippen LogP contribution in [-0.4, -0.2) is 5.78 Å². The van der Waals surface area contributed by atoms with E-state index in [-0.39, 0.29) is 11.7 Å². The molecule has 1 atom stereocenters. The van der Waals surface area contributed by atoms with Gasteiger partial charge in [-0.3, -0.25) is 4.79 Å². The van der Waals surface area contributed by atoms with Gasteiger partial charge in [0.25, 0.3) is 0 Å². The molecule has 1 nitrogen and oxygen atoms in total. The maximum Gasteiger partial charge on any atom is 0.166 e. The molecule has 17 heavy (non-hydrogen) atoms. The van der Waals surface area contributed by atoms with Crippen LogP contribution in [0.5, 0.6) is 0 Å². The third kappa shape index (κ3) is 2.10. The van der Waals surface area contributed by atoms with E-state index >= 15 is 0 Å². The zero-order valence-electron chi connectivity index (χ0n) is 10.7. The monoisotopic (exact) mass is 226 g/mol. The van der Waals surface area contributed by atoms with E-state index in [2.05, 4.69) is 19.1 Å². The minimum Gasteiger partial charge on any atom is -0.294 e. The molecule has 0 spiro atoms. The van der Waals surface area contributed by atoms with Gasteiger partial charge >= 0.3 is 0 Å². The fraction of sp³-hybridized carbons (Fsp3) is 0.312. The molecule has 2 aromatic rings. The molecular weight excluding hydrogens is 208 g/mol. The number of ketones is 1. The highest BCUT2D eigenvalue weighted by molar-refractivity contribution is 6.10. The summed E-state index contributed by atoms with van der Waals surface area (Å²) >= 11 is 0. The average Bonchev–Trinajstić information content (AvgIpc) is 2.37. The van der Waals surface area contributed by atoms with Crippen LogP contribution < -0.4 is 0 Å². The second-order valence-electron chi connectivity index (χ2n) is 4.65. The Morgan fingerprint density at radius 2 is 1.88 bits per heavy atom. The van der Waals surface area contributed by atoms with Gasteiger partial charge < -0.3 is 0 Å². The van der Waals surface area contributed by atoms with Crippen molar-refractivity contribution >= 4 is 16.6 Å². The highest BCUT2D eigenvalue weighted by Crippen LogP contribution is 2.25. The topological polar surface area (TPSA) is 17.1 Å². The Hall–Kier alpha value is -1.63. The molecule has 0 amide bonds. The molecule has 88 valence electrons. The number of aryl methyl sites for hydroxylation is 1. The summed E-state index contributed by atoms with van der Waals surface area (Å²) in [4.78, 5) is 12.4. The van der Waals surface area contributed by atoms with E-state index < -0.39 is 0 Å². The van der Waals surface area contributed by atoms with Crippen molar-refractivity contribution in [1.82, 2.24) is 0 Å². The lowest BCUT2D eigenvalue weighted by atomic mass is 9.90. The van der Waals surface area contributed by atoms with Crippen LogP contribution in [0.4, 0.5) is 0 Å². The largest absolute Gasteiger partial charge is 0.294 e. The highest BCUT2D eigenvalue weighted by Gasteiger charge is 2.17. The van der Waals surface area contributed by atoms with E-state index in [1.807, 2.05) is 38.1 Å². The van der Waals surface area contributed by atoms with Gasteiger partial charge in [-0.25, -0.2) is 0 Å². The Bertz CT molecular complexity index is 554. The number of carbonyl (C=O) groups excluding carboxylic acids is 1. The molecule has 0 fully saturated rings. The van der Waals surface area contributed by atoms with Crippen LogP contribution in [0.1, 0.15) is 36.2 Å². The minimum absolute atomic E-state index is 0.0968. The fourth-order valence-electron chi connectivity index (χ4n) is 2.14. The van der Waals surface area contributed by atoms with Crippen LogP contribution in [0.25, 0.3) is 10.8 Å². The summed E-state index contributed by atoms with van der Waals surface area (Å²) in [6, 6.07) is 12.2. The molecule has 2 rings (SSSR count). The summed E-state index contributed by atoms with van der Waals surface area (Å²) < 4.78 is 0. The lowest BCUT2D eigenvalue weighted by molar-refractivity contribution is 0.0928. The summed E-state index contributed by atoms with van der Waals surface area (Å²) in [5, 5.41) is 2.22. The van der Waals surface area contributed by atoms with E-state index in [4.69, 9.17) is 0 Å². The normalized spacial score (nSPS) is 12.6. The molecule has 1 heteroatoms. The van der Waals surface area contributed by atoms with Gasteiger partial charge in [-0.05, 0) is 29.7 Å². The van der Waals surface area contributed by atoms with E-state index in [0.29, 0.717) is 0 Å². The molecule has 0 heterocycles. The smallest absolute Gasteiger partial charge is 0.166 e. The molecule has 0 N–H and O–H groups in total. The first-order valence-corrected chi connectivity index (χ1v) is 6.17. The van der Waals surface area contributed by atoms with Gasteiger partial charge in [0.05, 0.1) is 0 Å². The van der Waals surface area contributed by atoms with Gasteiger partial charge in [0.2, 0.25) is 0 Å². The van der Waals surface area contributed by atoms with Crippen molar-refractivity contribution in [3.8, 4) is 0 Å². The van der Waals surface area contributed by atoms with Gasteiger partial charge in [-0.2, -0.15) is 0 Å². The Kier molecular flexibility index (Phi) is 3.28. The first-order chi connectivity index (χ1) is 8.15. The van der Waals surface area contributed by atoms with Crippen molar-refractivity contribution in [2.24, 2.45) is 5.92 Å². The number of rotatable bonds is 3. The molecule has 1 unspecified atom stereocenters. The minimum atomic E-state index is 0.0968. The lowest BCUT2D eigenvalue weighted by Gasteiger charge is -2.13. The van der Waals surface area contributed by atoms with Crippen molar-refractivity contribution in [3.05, 3.63) is 47.5 Å². The molecule has 0 saturated heterocycles. The first kappa shape index (κ1) is 11.8. The van der Waals surface area contributed by atoms with Crippen LogP contribution in [-0.2, 0) is 0 Å². The summed E-state index contributed by atoms with van der Waals surface area (Å²) in [6.45, 7) is 6.08. The average molecular weight is 226 g/mol. The van der Waals surface area contributed by atoms with Crippen molar-refractivity contribution in [3.63, 3.8) is 0 Å². The van der Waals surface area contributed by atoms with Crippen molar-refractivity contribution in [2.45, 2.75) is 27.2 Å². The maximum atomic E-state index is 12.4. The van der Waals surface area contributed by atoms with Crippen LogP contribution in [0, 0.1) is 12.8 Å². The molecule has 0 aliphatic carbocycles. The molecule has 0 aromatic heterocycles. The maximum absolute atomic E-state index is 12.4. The molecule has 0 radical (unpaired) electrons. The Morgan fingerprint density at radius 1 is 1.18 bits per heavy atom. The van der Waals surface area contributed by atoms with Gasteiger partial charge in [0, 0.05) is 11.5 Å². The molecule has 2 aromatic carbocycles. The molecule has 0 aliphatic rings. The third-order valence-corrected chi connectivity index (χ3v) is 3.44. The summed E-state index contributed by atoms with van der Waals surface area (Å²) in [7, 11) is 0. The lowest BCUT2D eigenvalue weighted by Crippen LogP contribution is -2.12. The Labute approximate surface area is 102 Å². The number of carbonyl (C=O) groups is 1. The summed E-state index contributed by atoms with van der Waals surface area (Å²) in [6.07, 6.45) is 0.890.